The average Bonchev–Trinajstić information content (AvgIpc) is 3.09. The molecule has 1 fully saturated rings. The molecule has 2 heterocycles. The Kier molecular flexibility index (Phi) is 5.87. The maximum absolute atomic E-state index is 14.0. The molecule has 0 amide bonds. The molecule has 2 aliphatic rings. The first-order chi connectivity index (χ1) is 14.0. The molecule has 0 radical (unpaired) electrons. The molecular weight excluding hydrogens is 393 g/mol. The Labute approximate surface area is 171 Å². The topological polar surface area (TPSA) is 61.9 Å². The second-order valence-corrected chi connectivity index (χ2v) is 9.24. The third kappa shape index (κ3) is 4.30. The van der Waals surface area contributed by atoms with Crippen molar-refractivity contribution in [2.45, 2.75) is 17.4 Å². The summed E-state index contributed by atoms with van der Waals surface area (Å²) in [6.07, 6.45) is 0.983. The van der Waals surface area contributed by atoms with Gasteiger partial charge < -0.3 is 9.64 Å². The molecule has 0 aromatic heterocycles. The Morgan fingerprint density at radius 3 is 2.66 bits per heavy atom. The highest BCUT2D eigenvalue weighted by Crippen LogP contribution is 2.31. The van der Waals surface area contributed by atoms with Gasteiger partial charge in [-0.25, -0.2) is 17.5 Å². The third-order valence-electron chi connectivity index (χ3n) is 5.70. The van der Waals surface area contributed by atoms with Crippen LogP contribution in [0.1, 0.15) is 17.2 Å². The minimum Gasteiger partial charge on any atom is -0.379 e. The fraction of sp³-hybridized carbons (Fsp3) is 0.429. The van der Waals surface area contributed by atoms with Crippen molar-refractivity contribution in [3.63, 3.8) is 0 Å². The lowest BCUT2D eigenvalue weighted by Crippen LogP contribution is -2.43. The van der Waals surface area contributed by atoms with Gasteiger partial charge in [-0.2, -0.15) is 0 Å². The molecule has 156 valence electrons. The van der Waals surface area contributed by atoms with Crippen LogP contribution in [0.4, 0.5) is 10.1 Å². The zero-order valence-corrected chi connectivity index (χ0v) is 17.3. The quantitative estimate of drug-likeness (QED) is 0.778. The number of nitrogens with zero attached hydrogens (tertiary/aromatic N) is 2. The third-order valence-corrected chi connectivity index (χ3v) is 7.15. The first-order valence-corrected chi connectivity index (χ1v) is 11.3. The summed E-state index contributed by atoms with van der Waals surface area (Å²) < 4.78 is 47.5. The van der Waals surface area contributed by atoms with E-state index in [0.29, 0.717) is 13.2 Å². The first-order valence-electron chi connectivity index (χ1n) is 9.86. The fourth-order valence-electron chi connectivity index (χ4n) is 4.07. The van der Waals surface area contributed by atoms with Crippen LogP contribution in [0.25, 0.3) is 0 Å². The van der Waals surface area contributed by atoms with Crippen molar-refractivity contribution in [2.75, 3.05) is 51.3 Å². The number of likely N-dealkylation sites (N-methyl/N-ethyl adjacent to an activating group) is 1. The number of benzene rings is 2. The minimum atomic E-state index is -3.94. The van der Waals surface area contributed by atoms with E-state index in [1.807, 2.05) is 0 Å². The second-order valence-electron chi connectivity index (χ2n) is 7.51. The van der Waals surface area contributed by atoms with E-state index in [-0.39, 0.29) is 17.5 Å². The van der Waals surface area contributed by atoms with E-state index in [1.165, 1.54) is 29.4 Å². The number of anilines is 1. The number of nitrogens with one attached hydrogen (secondary N) is 1. The SMILES string of the molecule is CN1CCc2cc([C@H](CNS(=O)(=O)c3ccccc3F)N3CCOCC3)ccc21. The molecule has 2 aromatic rings. The molecule has 8 heteroatoms. The molecule has 0 saturated carbocycles. The van der Waals surface area contributed by atoms with Gasteiger partial charge in [0.15, 0.2) is 0 Å². The van der Waals surface area contributed by atoms with Crippen molar-refractivity contribution in [3.8, 4) is 0 Å². The molecule has 2 aliphatic heterocycles. The summed E-state index contributed by atoms with van der Waals surface area (Å²) in [5.74, 6) is -0.747. The summed E-state index contributed by atoms with van der Waals surface area (Å²) in [5, 5.41) is 0. The standard InChI is InChI=1S/C21H26FN3O3S/c1-24-9-8-17-14-16(6-7-19(17)24)20(25-10-12-28-13-11-25)15-23-29(26,27)21-5-3-2-4-18(21)22/h2-7,14,20,23H,8-13,15H2,1H3/t20-/m0/s1. The molecule has 29 heavy (non-hydrogen) atoms. The Hall–Kier alpha value is -2.00. The molecule has 1 atom stereocenters. The van der Waals surface area contributed by atoms with Crippen molar-refractivity contribution < 1.29 is 17.5 Å². The lowest BCUT2D eigenvalue weighted by Gasteiger charge is -2.35. The van der Waals surface area contributed by atoms with Gasteiger partial charge >= 0.3 is 0 Å². The zero-order chi connectivity index (χ0) is 20.4. The largest absolute Gasteiger partial charge is 0.379 e. The normalized spacial score (nSPS) is 18.6. The summed E-state index contributed by atoms with van der Waals surface area (Å²) in [6, 6.07) is 11.7. The lowest BCUT2D eigenvalue weighted by atomic mass is 10.0. The van der Waals surface area contributed by atoms with Gasteiger partial charge in [-0.05, 0) is 35.7 Å². The number of fused-ring (bicyclic) bond motifs is 1. The van der Waals surface area contributed by atoms with Crippen molar-refractivity contribution in [3.05, 3.63) is 59.4 Å². The average molecular weight is 420 g/mol. The molecule has 6 nitrogen and oxygen atoms in total. The molecule has 0 bridgehead atoms. The van der Waals surface area contributed by atoms with Crippen LogP contribution in [0.5, 0.6) is 0 Å². The van der Waals surface area contributed by atoms with Crippen LogP contribution in [-0.2, 0) is 21.2 Å². The van der Waals surface area contributed by atoms with Gasteiger partial charge in [0, 0.05) is 45.0 Å². The maximum Gasteiger partial charge on any atom is 0.243 e. The molecule has 1 N–H and O–H groups in total. The molecule has 0 unspecified atom stereocenters. The highest BCUT2D eigenvalue weighted by molar-refractivity contribution is 7.89. The van der Waals surface area contributed by atoms with E-state index in [1.54, 1.807) is 0 Å². The van der Waals surface area contributed by atoms with Crippen LogP contribution in [0.2, 0.25) is 0 Å². The van der Waals surface area contributed by atoms with Gasteiger partial charge in [0.25, 0.3) is 0 Å². The minimum absolute atomic E-state index is 0.142. The second kappa shape index (κ2) is 8.39. The number of halogens is 1. The van der Waals surface area contributed by atoms with E-state index in [9.17, 15) is 12.8 Å². The predicted molar refractivity (Wildman–Crippen MR) is 110 cm³/mol. The van der Waals surface area contributed by atoms with Crippen LogP contribution in [-0.4, -0.2) is 59.8 Å². The number of rotatable bonds is 6. The van der Waals surface area contributed by atoms with Crippen LogP contribution in [0, 0.1) is 5.82 Å². The van der Waals surface area contributed by atoms with Gasteiger partial charge in [0.05, 0.1) is 13.2 Å². The Balaban J connectivity index is 1.59. The molecular formula is C21H26FN3O3S. The molecule has 1 saturated heterocycles. The van der Waals surface area contributed by atoms with Crippen molar-refractivity contribution in [1.29, 1.82) is 0 Å². The van der Waals surface area contributed by atoms with Crippen LogP contribution >= 0.6 is 0 Å². The van der Waals surface area contributed by atoms with E-state index in [0.717, 1.165) is 37.7 Å². The summed E-state index contributed by atoms with van der Waals surface area (Å²) >= 11 is 0. The predicted octanol–water partition coefficient (Wildman–Crippen LogP) is 2.17. The van der Waals surface area contributed by atoms with Crippen molar-refractivity contribution in [1.82, 2.24) is 9.62 Å². The number of morpholine rings is 1. The van der Waals surface area contributed by atoms with E-state index < -0.39 is 15.8 Å². The number of sulfonamides is 1. The summed E-state index contributed by atoms with van der Waals surface area (Å²) in [6.45, 7) is 3.84. The highest BCUT2D eigenvalue weighted by atomic mass is 32.2. The molecule has 0 spiro atoms. The van der Waals surface area contributed by atoms with E-state index >= 15 is 0 Å². The molecule has 2 aromatic carbocycles. The van der Waals surface area contributed by atoms with Crippen molar-refractivity contribution in [2.24, 2.45) is 0 Å². The van der Waals surface area contributed by atoms with Crippen molar-refractivity contribution >= 4 is 15.7 Å². The fourth-order valence-corrected chi connectivity index (χ4v) is 5.19. The molecule has 4 rings (SSSR count). The van der Waals surface area contributed by atoms with Gasteiger partial charge in [-0.1, -0.05) is 24.3 Å². The summed E-state index contributed by atoms with van der Waals surface area (Å²) in [5.41, 5.74) is 3.57. The first kappa shape index (κ1) is 20.3. The van der Waals surface area contributed by atoms with Gasteiger partial charge in [0.2, 0.25) is 10.0 Å². The summed E-state index contributed by atoms with van der Waals surface area (Å²) in [7, 11) is -1.87. The van der Waals surface area contributed by atoms with E-state index in [4.69, 9.17) is 4.74 Å². The Bertz CT molecular complexity index is 977. The van der Waals surface area contributed by atoms with E-state index in [2.05, 4.69) is 39.8 Å². The van der Waals surface area contributed by atoms with Crippen LogP contribution in [0.15, 0.2) is 47.4 Å². The smallest absolute Gasteiger partial charge is 0.243 e. The number of ether oxygens (including phenoxy) is 1. The molecule has 0 aliphatic carbocycles. The van der Waals surface area contributed by atoms with Crippen LogP contribution < -0.4 is 9.62 Å². The summed E-state index contributed by atoms with van der Waals surface area (Å²) in [4.78, 5) is 4.13. The monoisotopic (exact) mass is 419 g/mol. The Morgan fingerprint density at radius 1 is 1.14 bits per heavy atom. The van der Waals surface area contributed by atoms with Gasteiger partial charge in [0.1, 0.15) is 10.7 Å². The number of hydrogen-bond acceptors (Lipinski definition) is 5. The van der Waals surface area contributed by atoms with Gasteiger partial charge in [-0.3, -0.25) is 4.90 Å². The Morgan fingerprint density at radius 2 is 1.90 bits per heavy atom. The van der Waals surface area contributed by atoms with Crippen LogP contribution in [0.3, 0.4) is 0 Å². The zero-order valence-electron chi connectivity index (χ0n) is 16.5. The lowest BCUT2D eigenvalue weighted by molar-refractivity contribution is 0.0172. The van der Waals surface area contributed by atoms with Gasteiger partial charge in [-0.15, -0.1) is 0 Å². The maximum atomic E-state index is 14.0. The highest BCUT2D eigenvalue weighted by Gasteiger charge is 2.27. The number of hydrogen-bond donors (Lipinski definition) is 1.